The number of carbonyl (C=O) groups excluding carboxylic acids is 1. The van der Waals surface area contributed by atoms with Crippen molar-refractivity contribution >= 4 is 17.6 Å². The van der Waals surface area contributed by atoms with E-state index in [4.69, 9.17) is 0 Å². The van der Waals surface area contributed by atoms with Crippen molar-refractivity contribution in [1.82, 2.24) is 9.97 Å². The van der Waals surface area contributed by atoms with Gasteiger partial charge in [0.05, 0.1) is 7.11 Å². The summed E-state index contributed by atoms with van der Waals surface area (Å²) in [5, 5.41) is 6.09. The van der Waals surface area contributed by atoms with Gasteiger partial charge in [-0.3, -0.25) is 4.79 Å². The average Bonchev–Trinajstić information content (AvgIpc) is 2.36. The summed E-state index contributed by atoms with van der Waals surface area (Å²) in [5.74, 6) is 0.998. The molecule has 0 aromatic carbocycles. The molecule has 6 nitrogen and oxygen atoms in total. The number of ether oxygens (including phenoxy) is 1. The molecule has 0 aliphatic rings. The van der Waals surface area contributed by atoms with Gasteiger partial charge < -0.3 is 15.4 Å². The molecule has 1 atom stereocenters. The third kappa shape index (κ3) is 4.67. The second-order valence-corrected chi connectivity index (χ2v) is 3.67. The molecule has 0 aliphatic heterocycles. The fourth-order valence-corrected chi connectivity index (χ4v) is 1.12. The fraction of sp³-hybridized carbons (Fsp3) is 0.545. The Kier molecular flexibility index (Phi) is 5.19. The van der Waals surface area contributed by atoms with Crippen molar-refractivity contribution in [3.63, 3.8) is 0 Å². The van der Waals surface area contributed by atoms with Crippen LogP contribution in [0.25, 0.3) is 0 Å². The highest BCUT2D eigenvalue weighted by molar-refractivity contribution is 5.74. The molecule has 1 aromatic rings. The molecule has 6 heteroatoms. The van der Waals surface area contributed by atoms with Crippen molar-refractivity contribution in [2.24, 2.45) is 0 Å². The molecule has 1 rings (SSSR count). The summed E-state index contributed by atoms with van der Waals surface area (Å²) in [6.07, 6.45) is 2.46. The minimum absolute atomic E-state index is 0.0935. The van der Waals surface area contributed by atoms with E-state index >= 15 is 0 Å². The number of hydrogen-bond donors (Lipinski definition) is 2. The normalized spacial score (nSPS) is 11.7. The smallest absolute Gasteiger partial charge is 0.325 e. The summed E-state index contributed by atoms with van der Waals surface area (Å²) < 4.78 is 4.52. The van der Waals surface area contributed by atoms with Gasteiger partial charge in [-0.25, -0.2) is 9.97 Å². The predicted octanol–water partition coefficient (Wildman–Crippen LogP) is 1.27. The van der Waals surface area contributed by atoms with Crippen LogP contribution in [0.1, 0.15) is 20.3 Å². The lowest BCUT2D eigenvalue weighted by Crippen LogP contribution is -2.17. The lowest BCUT2D eigenvalue weighted by atomic mass is 10.2. The molecule has 0 bridgehead atoms. The number of methoxy groups -OCH3 is 1. The minimum atomic E-state index is -0.333. The molecule has 0 saturated heterocycles. The lowest BCUT2D eigenvalue weighted by molar-refractivity contribution is -0.138. The standard InChI is InChI=1S/C11H18N4O2/c1-4-8(2)15-10-5-9(13-7-14-10)12-6-11(16)17-3/h5,7-8H,4,6H2,1-3H3,(H2,12,13,14,15). The molecule has 1 heterocycles. The van der Waals surface area contributed by atoms with Gasteiger partial charge in [0, 0.05) is 12.1 Å². The SMILES string of the molecule is CCC(C)Nc1cc(NCC(=O)OC)ncn1. The number of nitrogens with zero attached hydrogens (tertiary/aromatic N) is 2. The summed E-state index contributed by atoms with van der Waals surface area (Å²) in [6.45, 7) is 4.26. The Labute approximate surface area is 101 Å². The van der Waals surface area contributed by atoms with E-state index in [1.54, 1.807) is 6.07 Å². The molecule has 0 spiro atoms. The van der Waals surface area contributed by atoms with Crippen LogP contribution in [-0.2, 0) is 9.53 Å². The number of hydrogen-bond acceptors (Lipinski definition) is 6. The zero-order chi connectivity index (χ0) is 12.7. The van der Waals surface area contributed by atoms with Gasteiger partial charge in [-0.05, 0) is 13.3 Å². The third-order valence-corrected chi connectivity index (χ3v) is 2.32. The van der Waals surface area contributed by atoms with Gasteiger partial charge in [0.25, 0.3) is 0 Å². The van der Waals surface area contributed by atoms with E-state index in [1.807, 2.05) is 0 Å². The highest BCUT2D eigenvalue weighted by Gasteiger charge is 2.04. The summed E-state index contributed by atoms with van der Waals surface area (Å²) in [5.41, 5.74) is 0. The van der Waals surface area contributed by atoms with E-state index < -0.39 is 0 Å². The van der Waals surface area contributed by atoms with E-state index in [1.165, 1.54) is 13.4 Å². The number of nitrogens with one attached hydrogen (secondary N) is 2. The van der Waals surface area contributed by atoms with Gasteiger partial charge >= 0.3 is 5.97 Å². The van der Waals surface area contributed by atoms with Crippen molar-refractivity contribution in [3.05, 3.63) is 12.4 Å². The van der Waals surface area contributed by atoms with Gasteiger partial charge in [0.1, 0.15) is 24.5 Å². The molecule has 1 aromatic heterocycles. The Morgan fingerprint density at radius 2 is 2.18 bits per heavy atom. The zero-order valence-electron chi connectivity index (χ0n) is 10.4. The monoisotopic (exact) mass is 238 g/mol. The van der Waals surface area contributed by atoms with Crippen LogP contribution in [0.3, 0.4) is 0 Å². The first-order chi connectivity index (χ1) is 8.15. The number of anilines is 2. The van der Waals surface area contributed by atoms with E-state index in [-0.39, 0.29) is 12.5 Å². The quantitative estimate of drug-likeness (QED) is 0.727. The molecular formula is C11H18N4O2. The lowest BCUT2D eigenvalue weighted by Gasteiger charge is -2.12. The van der Waals surface area contributed by atoms with Crippen molar-refractivity contribution in [1.29, 1.82) is 0 Å². The largest absolute Gasteiger partial charge is 0.468 e. The molecule has 94 valence electrons. The fourth-order valence-electron chi connectivity index (χ4n) is 1.12. The van der Waals surface area contributed by atoms with E-state index in [0.717, 1.165) is 12.2 Å². The molecule has 0 saturated carbocycles. The Morgan fingerprint density at radius 3 is 2.82 bits per heavy atom. The first kappa shape index (κ1) is 13.2. The van der Waals surface area contributed by atoms with Crippen LogP contribution in [0.5, 0.6) is 0 Å². The maximum atomic E-state index is 11.0. The maximum absolute atomic E-state index is 11.0. The van der Waals surface area contributed by atoms with Crippen molar-refractivity contribution < 1.29 is 9.53 Å². The molecule has 0 fully saturated rings. The molecule has 0 aliphatic carbocycles. The predicted molar refractivity (Wildman–Crippen MR) is 65.9 cm³/mol. The average molecular weight is 238 g/mol. The second-order valence-electron chi connectivity index (χ2n) is 3.67. The van der Waals surface area contributed by atoms with Gasteiger partial charge in [-0.2, -0.15) is 0 Å². The number of carbonyl (C=O) groups is 1. The van der Waals surface area contributed by atoms with Gasteiger partial charge in [0.15, 0.2) is 0 Å². The maximum Gasteiger partial charge on any atom is 0.325 e. The van der Waals surface area contributed by atoms with Crippen LogP contribution in [0.15, 0.2) is 12.4 Å². The Bertz CT molecular complexity index is 370. The van der Waals surface area contributed by atoms with Crippen molar-refractivity contribution in [2.45, 2.75) is 26.3 Å². The second kappa shape index (κ2) is 6.67. The zero-order valence-corrected chi connectivity index (χ0v) is 10.4. The van der Waals surface area contributed by atoms with E-state index in [0.29, 0.717) is 11.9 Å². The van der Waals surface area contributed by atoms with E-state index in [2.05, 4.69) is 39.2 Å². The Hall–Kier alpha value is -1.85. The van der Waals surface area contributed by atoms with Crippen molar-refractivity contribution in [2.75, 3.05) is 24.3 Å². The van der Waals surface area contributed by atoms with Crippen molar-refractivity contribution in [3.8, 4) is 0 Å². The summed E-state index contributed by atoms with van der Waals surface area (Å²) >= 11 is 0. The summed E-state index contributed by atoms with van der Waals surface area (Å²) in [4.78, 5) is 19.1. The number of aromatic nitrogens is 2. The molecule has 0 radical (unpaired) electrons. The number of rotatable bonds is 6. The van der Waals surface area contributed by atoms with Crippen LogP contribution < -0.4 is 10.6 Å². The first-order valence-corrected chi connectivity index (χ1v) is 5.55. The van der Waals surface area contributed by atoms with Crippen LogP contribution >= 0.6 is 0 Å². The van der Waals surface area contributed by atoms with Crippen LogP contribution in [0.4, 0.5) is 11.6 Å². The molecule has 0 amide bonds. The van der Waals surface area contributed by atoms with Gasteiger partial charge in [0.2, 0.25) is 0 Å². The molecular weight excluding hydrogens is 220 g/mol. The van der Waals surface area contributed by atoms with Gasteiger partial charge in [-0.15, -0.1) is 0 Å². The van der Waals surface area contributed by atoms with Crippen LogP contribution in [-0.4, -0.2) is 35.6 Å². The minimum Gasteiger partial charge on any atom is -0.468 e. The Morgan fingerprint density at radius 1 is 1.47 bits per heavy atom. The van der Waals surface area contributed by atoms with Crippen LogP contribution in [0.2, 0.25) is 0 Å². The van der Waals surface area contributed by atoms with Crippen LogP contribution in [0, 0.1) is 0 Å². The third-order valence-electron chi connectivity index (χ3n) is 2.32. The van der Waals surface area contributed by atoms with Gasteiger partial charge in [-0.1, -0.05) is 6.92 Å². The van der Waals surface area contributed by atoms with E-state index in [9.17, 15) is 4.79 Å². The topological polar surface area (TPSA) is 76.1 Å². The molecule has 17 heavy (non-hydrogen) atoms. The first-order valence-electron chi connectivity index (χ1n) is 5.55. The highest BCUT2D eigenvalue weighted by Crippen LogP contribution is 2.10. The summed E-state index contributed by atoms with van der Waals surface area (Å²) in [7, 11) is 1.35. The Balaban J connectivity index is 2.56. The number of esters is 1. The summed E-state index contributed by atoms with van der Waals surface area (Å²) in [6, 6.07) is 2.10. The highest BCUT2D eigenvalue weighted by atomic mass is 16.5. The molecule has 2 N–H and O–H groups in total. The molecule has 1 unspecified atom stereocenters.